The molecule has 2 aromatic rings. The number of aryl methyl sites for hydroxylation is 1. The molecule has 29 heavy (non-hydrogen) atoms. The van der Waals surface area contributed by atoms with Crippen LogP contribution >= 0.6 is 12.2 Å². The number of nitrogens with zero attached hydrogens (tertiary/aromatic N) is 1. The van der Waals surface area contributed by atoms with Crippen LogP contribution < -0.4 is 10.2 Å². The third-order valence-electron chi connectivity index (χ3n) is 4.69. The number of methoxy groups -OCH3 is 1. The molecule has 1 heterocycles. The molecule has 0 bridgehead atoms. The number of hydrogen-bond donors (Lipinski definition) is 1. The number of carbonyl (C=O) groups excluding carboxylic acids is 1. The van der Waals surface area contributed by atoms with Gasteiger partial charge in [-0.3, -0.25) is 4.90 Å². The van der Waals surface area contributed by atoms with Gasteiger partial charge in [0.1, 0.15) is 12.4 Å². The second kappa shape index (κ2) is 9.15. The van der Waals surface area contributed by atoms with E-state index in [1.54, 1.807) is 24.1 Å². The summed E-state index contributed by atoms with van der Waals surface area (Å²) in [5.41, 5.74) is 3.72. The average Bonchev–Trinajstić information content (AvgIpc) is 2.69. The summed E-state index contributed by atoms with van der Waals surface area (Å²) >= 11 is 5.59. The summed E-state index contributed by atoms with van der Waals surface area (Å²) in [6.45, 7) is 4.25. The third-order valence-corrected chi connectivity index (χ3v) is 4.99. The van der Waals surface area contributed by atoms with Gasteiger partial charge in [-0.25, -0.2) is 9.18 Å². The molecule has 1 atom stereocenters. The molecule has 7 heteroatoms. The Bertz CT molecular complexity index is 943. The van der Waals surface area contributed by atoms with Crippen LogP contribution in [-0.2, 0) is 14.3 Å². The zero-order valence-corrected chi connectivity index (χ0v) is 17.4. The van der Waals surface area contributed by atoms with Gasteiger partial charge in [-0.05, 0) is 55.9 Å². The fourth-order valence-corrected chi connectivity index (χ4v) is 3.66. The van der Waals surface area contributed by atoms with Crippen LogP contribution in [0.5, 0.6) is 0 Å². The Morgan fingerprint density at radius 3 is 2.55 bits per heavy atom. The van der Waals surface area contributed by atoms with Gasteiger partial charge >= 0.3 is 5.97 Å². The van der Waals surface area contributed by atoms with E-state index in [0.717, 1.165) is 11.1 Å². The number of ether oxygens (including phenoxy) is 2. The molecule has 2 aromatic carbocycles. The van der Waals surface area contributed by atoms with Crippen LogP contribution in [0.15, 0.2) is 59.8 Å². The number of halogens is 1. The number of esters is 1. The minimum absolute atomic E-state index is 0.146. The molecule has 0 radical (unpaired) electrons. The highest BCUT2D eigenvalue weighted by atomic mass is 32.1. The van der Waals surface area contributed by atoms with Crippen molar-refractivity contribution in [1.29, 1.82) is 0 Å². The molecular weight excluding hydrogens is 391 g/mol. The van der Waals surface area contributed by atoms with Gasteiger partial charge in [-0.15, -0.1) is 0 Å². The molecule has 0 fully saturated rings. The minimum atomic E-state index is -0.451. The van der Waals surface area contributed by atoms with Crippen molar-refractivity contribution in [2.24, 2.45) is 0 Å². The molecular formula is C22H23FN2O3S. The molecule has 152 valence electrons. The smallest absolute Gasteiger partial charge is 0.338 e. The first-order valence-electron chi connectivity index (χ1n) is 9.22. The van der Waals surface area contributed by atoms with Crippen molar-refractivity contribution in [2.75, 3.05) is 25.2 Å². The van der Waals surface area contributed by atoms with Crippen LogP contribution in [0.4, 0.5) is 10.1 Å². The quantitative estimate of drug-likeness (QED) is 0.438. The second-order valence-electron chi connectivity index (χ2n) is 6.74. The average molecular weight is 415 g/mol. The SMILES string of the molecule is COCCOC(=O)C1=C(C)N(c2ccc(F)cc2)C(=S)N[C@H]1c1cccc(C)c1. The van der Waals surface area contributed by atoms with Gasteiger partial charge in [-0.2, -0.15) is 0 Å². The Morgan fingerprint density at radius 2 is 1.90 bits per heavy atom. The molecule has 0 spiro atoms. The Labute approximate surface area is 175 Å². The molecule has 1 aliphatic heterocycles. The topological polar surface area (TPSA) is 50.8 Å². The van der Waals surface area contributed by atoms with E-state index in [9.17, 15) is 9.18 Å². The summed E-state index contributed by atoms with van der Waals surface area (Å²) in [7, 11) is 1.55. The maximum absolute atomic E-state index is 13.4. The summed E-state index contributed by atoms with van der Waals surface area (Å²) in [4.78, 5) is 14.7. The van der Waals surface area contributed by atoms with E-state index in [-0.39, 0.29) is 12.4 Å². The van der Waals surface area contributed by atoms with Gasteiger partial charge in [0.15, 0.2) is 5.11 Å². The summed E-state index contributed by atoms with van der Waals surface area (Å²) in [6, 6.07) is 13.4. The van der Waals surface area contributed by atoms with Gasteiger partial charge in [0.05, 0.1) is 18.2 Å². The summed E-state index contributed by atoms with van der Waals surface area (Å²) in [6.07, 6.45) is 0. The van der Waals surface area contributed by atoms with E-state index >= 15 is 0 Å². The van der Waals surface area contributed by atoms with Crippen LogP contribution in [0.25, 0.3) is 0 Å². The summed E-state index contributed by atoms with van der Waals surface area (Å²) in [5, 5.41) is 3.67. The Balaban J connectivity index is 2.06. The first-order valence-corrected chi connectivity index (χ1v) is 9.62. The van der Waals surface area contributed by atoms with Crippen molar-refractivity contribution in [3.8, 4) is 0 Å². The lowest BCUT2D eigenvalue weighted by molar-refractivity contribution is -0.140. The van der Waals surface area contributed by atoms with E-state index in [2.05, 4.69) is 5.32 Å². The van der Waals surface area contributed by atoms with Crippen molar-refractivity contribution in [2.45, 2.75) is 19.9 Å². The van der Waals surface area contributed by atoms with E-state index in [0.29, 0.717) is 28.7 Å². The van der Waals surface area contributed by atoms with Crippen LogP contribution in [0, 0.1) is 12.7 Å². The van der Waals surface area contributed by atoms with Crippen molar-refractivity contribution in [1.82, 2.24) is 5.32 Å². The van der Waals surface area contributed by atoms with Gasteiger partial charge in [0.2, 0.25) is 0 Å². The lowest BCUT2D eigenvalue weighted by Gasteiger charge is -2.37. The van der Waals surface area contributed by atoms with Gasteiger partial charge in [-0.1, -0.05) is 29.8 Å². The molecule has 1 aliphatic rings. The third kappa shape index (κ3) is 4.63. The highest BCUT2D eigenvalue weighted by Gasteiger charge is 2.35. The van der Waals surface area contributed by atoms with Crippen LogP contribution in [-0.4, -0.2) is 31.4 Å². The largest absolute Gasteiger partial charge is 0.460 e. The maximum atomic E-state index is 13.4. The van der Waals surface area contributed by atoms with E-state index in [1.807, 2.05) is 38.1 Å². The molecule has 0 unspecified atom stereocenters. The number of thiocarbonyl (C=S) groups is 1. The second-order valence-corrected chi connectivity index (χ2v) is 7.12. The molecule has 3 rings (SSSR count). The number of rotatable bonds is 6. The van der Waals surface area contributed by atoms with Crippen molar-refractivity contribution >= 4 is 29.0 Å². The number of allylic oxidation sites excluding steroid dienone is 1. The monoisotopic (exact) mass is 414 g/mol. The zero-order valence-electron chi connectivity index (χ0n) is 16.6. The normalized spacial score (nSPS) is 16.6. The lowest BCUT2D eigenvalue weighted by Crippen LogP contribution is -2.48. The molecule has 0 aromatic heterocycles. The van der Waals surface area contributed by atoms with Crippen LogP contribution in [0.3, 0.4) is 0 Å². The minimum Gasteiger partial charge on any atom is -0.460 e. The number of anilines is 1. The molecule has 1 N–H and O–H groups in total. The fourth-order valence-electron chi connectivity index (χ4n) is 3.30. The Kier molecular flexibility index (Phi) is 6.61. The lowest BCUT2D eigenvalue weighted by atomic mass is 9.94. The van der Waals surface area contributed by atoms with E-state index < -0.39 is 12.0 Å². The van der Waals surface area contributed by atoms with Crippen LogP contribution in [0.1, 0.15) is 24.1 Å². The van der Waals surface area contributed by atoms with Crippen molar-refractivity contribution in [3.63, 3.8) is 0 Å². The Morgan fingerprint density at radius 1 is 1.17 bits per heavy atom. The van der Waals surface area contributed by atoms with Crippen molar-refractivity contribution in [3.05, 3.63) is 76.7 Å². The van der Waals surface area contributed by atoms with Crippen molar-refractivity contribution < 1.29 is 18.7 Å². The van der Waals surface area contributed by atoms with E-state index in [1.165, 1.54) is 12.1 Å². The predicted octanol–water partition coefficient (Wildman–Crippen LogP) is 4.03. The number of benzene rings is 2. The highest BCUT2D eigenvalue weighted by Crippen LogP contribution is 2.34. The molecule has 0 amide bonds. The molecule has 0 saturated carbocycles. The molecule has 0 aliphatic carbocycles. The summed E-state index contributed by atoms with van der Waals surface area (Å²) < 4.78 is 23.8. The zero-order chi connectivity index (χ0) is 21.0. The number of carbonyl (C=O) groups is 1. The predicted molar refractivity (Wildman–Crippen MR) is 114 cm³/mol. The van der Waals surface area contributed by atoms with Crippen LogP contribution in [0.2, 0.25) is 0 Å². The van der Waals surface area contributed by atoms with Gasteiger partial charge < -0.3 is 14.8 Å². The number of nitrogens with one attached hydrogen (secondary N) is 1. The maximum Gasteiger partial charge on any atom is 0.338 e. The van der Waals surface area contributed by atoms with E-state index in [4.69, 9.17) is 21.7 Å². The fraction of sp³-hybridized carbons (Fsp3) is 0.273. The molecule has 5 nitrogen and oxygen atoms in total. The first kappa shape index (κ1) is 21.0. The van der Waals surface area contributed by atoms with Gasteiger partial charge in [0, 0.05) is 18.5 Å². The standard InChI is InChI=1S/C22H23FN2O3S/c1-14-5-4-6-16(13-14)20-19(21(26)28-12-11-27-3)15(2)25(22(29)24-20)18-9-7-17(23)8-10-18/h4-10,13,20H,11-12H2,1-3H3,(H,24,29)/t20-/m0/s1. The highest BCUT2D eigenvalue weighted by molar-refractivity contribution is 7.80. The number of hydrogen-bond acceptors (Lipinski definition) is 4. The Hall–Kier alpha value is -2.77. The molecule has 0 saturated heterocycles. The first-order chi connectivity index (χ1) is 13.9. The van der Waals surface area contributed by atoms with Gasteiger partial charge in [0.25, 0.3) is 0 Å². The summed E-state index contributed by atoms with van der Waals surface area (Å²) in [5.74, 6) is -0.795.